The molecule has 3 aromatic rings. The highest BCUT2D eigenvalue weighted by molar-refractivity contribution is 8.15. The van der Waals surface area contributed by atoms with Gasteiger partial charge < -0.3 is 23.2 Å². The number of hydrogen-bond acceptors (Lipinski definition) is 10. The fourth-order valence-corrected chi connectivity index (χ4v) is 5.12. The summed E-state index contributed by atoms with van der Waals surface area (Å²) in [6.45, 7) is 14.6. The first-order valence-corrected chi connectivity index (χ1v) is 17.7. The molecule has 0 aliphatic heterocycles. The molecule has 1 amide bonds. The molecule has 0 saturated heterocycles. The van der Waals surface area contributed by atoms with E-state index in [-0.39, 0.29) is 33.7 Å². The molecule has 0 aliphatic carbocycles. The van der Waals surface area contributed by atoms with Crippen LogP contribution in [0.25, 0.3) is 11.4 Å². The van der Waals surface area contributed by atoms with Gasteiger partial charge in [0, 0.05) is 24.1 Å². The highest BCUT2D eigenvalue weighted by Crippen LogP contribution is 2.37. The van der Waals surface area contributed by atoms with Gasteiger partial charge in [0.2, 0.25) is 11.7 Å². The topological polar surface area (TPSA) is 118 Å². The van der Waals surface area contributed by atoms with Crippen molar-refractivity contribution in [2.24, 2.45) is 9.98 Å². The molecule has 0 aliphatic rings. The van der Waals surface area contributed by atoms with Crippen LogP contribution in [0.1, 0.15) is 39.1 Å². The number of carbonyl (C=O) groups excluding carboxylic acids is 1. The van der Waals surface area contributed by atoms with Gasteiger partial charge in [-0.05, 0) is 61.6 Å². The van der Waals surface area contributed by atoms with Gasteiger partial charge in [-0.3, -0.25) is 0 Å². The Labute approximate surface area is 257 Å². The lowest BCUT2D eigenvalue weighted by molar-refractivity contribution is 0.129. The highest BCUT2D eigenvalue weighted by Gasteiger charge is 2.37. The van der Waals surface area contributed by atoms with Crippen LogP contribution in [0.2, 0.25) is 18.1 Å². The molecule has 0 N–H and O–H groups in total. The summed E-state index contributed by atoms with van der Waals surface area (Å²) in [4.78, 5) is 25.1. The molecular weight excluding hydrogens is 592 g/mol. The van der Waals surface area contributed by atoms with Crippen molar-refractivity contribution in [1.82, 2.24) is 10.1 Å². The molecular formula is C30H39FN4O6SSi. The molecule has 0 bridgehead atoms. The minimum Gasteiger partial charge on any atom is -0.497 e. The van der Waals surface area contributed by atoms with Crippen molar-refractivity contribution in [3.63, 3.8) is 0 Å². The number of aryl methyl sites for hydroxylation is 1. The third kappa shape index (κ3) is 8.74. The van der Waals surface area contributed by atoms with Crippen molar-refractivity contribution in [3.05, 3.63) is 53.7 Å². The molecule has 1 heterocycles. The minimum atomic E-state index is -2.05. The van der Waals surface area contributed by atoms with Gasteiger partial charge in [0.15, 0.2) is 19.9 Å². The Hall–Kier alpha value is -3.55. The number of benzene rings is 2. The number of amides is 1. The summed E-state index contributed by atoms with van der Waals surface area (Å²) in [7, 11) is 0.638. The van der Waals surface area contributed by atoms with E-state index in [1.54, 1.807) is 37.4 Å². The molecule has 3 rings (SSSR count). The highest BCUT2D eigenvalue weighted by atomic mass is 32.2. The predicted molar refractivity (Wildman–Crippen MR) is 170 cm³/mol. The maximum atomic E-state index is 16.3. The Bertz CT molecular complexity index is 1480. The Balaban J connectivity index is 2.07. The summed E-state index contributed by atoms with van der Waals surface area (Å²) < 4.78 is 43.9. The van der Waals surface area contributed by atoms with Crippen LogP contribution in [0.5, 0.6) is 11.5 Å². The summed E-state index contributed by atoms with van der Waals surface area (Å²) >= 11 is 1.12. The van der Waals surface area contributed by atoms with Crippen LogP contribution >= 0.6 is 11.8 Å². The maximum absolute atomic E-state index is 16.3. The quantitative estimate of drug-likeness (QED) is 0.127. The lowest BCUT2D eigenvalue weighted by Gasteiger charge is -2.36. The number of methoxy groups -OCH3 is 2. The van der Waals surface area contributed by atoms with Gasteiger partial charge in [-0.25, -0.2) is 14.2 Å². The van der Waals surface area contributed by atoms with Crippen molar-refractivity contribution < 1.29 is 32.3 Å². The van der Waals surface area contributed by atoms with Gasteiger partial charge in [-0.2, -0.15) is 9.98 Å². The molecule has 0 unspecified atom stereocenters. The molecule has 0 radical (unpaired) electrons. The van der Waals surface area contributed by atoms with Gasteiger partial charge in [0.1, 0.15) is 22.6 Å². The minimum absolute atomic E-state index is 0.0162. The number of carbonyl (C=O) groups is 1. The van der Waals surface area contributed by atoms with Crippen molar-refractivity contribution >= 4 is 42.6 Å². The molecule has 0 fully saturated rings. The summed E-state index contributed by atoms with van der Waals surface area (Å²) in [5, 5.41) is 4.08. The standard InChI is InChI=1S/C30H39FN4O6SSi/c1-18(17-39-43(9,10)30(3,4)5)40-24-16-22(37-6)15-23(25(24)31)26(28(42-8)34-29(36)38-7)33-21-13-11-20(12-14-21)27-32-19(2)41-35-27/h11-16,18H,17H2,1-10H3/b33-26?,34-28-/t18-/m0/s1. The molecule has 1 atom stereocenters. The Morgan fingerprint density at radius 1 is 1.16 bits per heavy atom. The largest absolute Gasteiger partial charge is 0.497 e. The lowest BCUT2D eigenvalue weighted by Crippen LogP contribution is -2.43. The second-order valence-electron chi connectivity index (χ2n) is 11.2. The second kappa shape index (κ2) is 14.3. The number of halogens is 1. The van der Waals surface area contributed by atoms with Gasteiger partial charge >= 0.3 is 6.09 Å². The molecule has 13 heteroatoms. The van der Waals surface area contributed by atoms with Crippen molar-refractivity contribution in [2.45, 2.75) is 58.9 Å². The van der Waals surface area contributed by atoms with Crippen molar-refractivity contribution in [1.29, 1.82) is 0 Å². The van der Waals surface area contributed by atoms with Crippen molar-refractivity contribution in [2.75, 3.05) is 27.1 Å². The van der Waals surface area contributed by atoms with Gasteiger partial charge in [0.25, 0.3) is 0 Å². The van der Waals surface area contributed by atoms with E-state index < -0.39 is 26.3 Å². The Morgan fingerprint density at radius 2 is 1.84 bits per heavy atom. The monoisotopic (exact) mass is 630 g/mol. The first-order chi connectivity index (χ1) is 20.2. The van der Waals surface area contributed by atoms with E-state index in [0.717, 1.165) is 11.8 Å². The molecule has 232 valence electrons. The zero-order chi connectivity index (χ0) is 31.9. The fraction of sp³-hybridized carbons (Fsp3) is 0.433. The summed E-state index contributed by atoms with van der Waals surface area (Å²) in [5.74, 6) is 0.463. The van der Waals surface area contributed by atoms with E-state index in [1.165, 1.54) is 26.4 Å². The zero-order valence-corrected chi connectivity index (χ0v) is 28.1. The fourth-order valence-electron chi connectivity index (χ4n) is 3.52. The molecule has 10 nitrogen and oxygen atoms in total. The third-order valence-electron chi connectivity index (χ3n) is 6.97. The Morgan fingerprint density at radius 3 is 2.37 bits per heavy atom. The average Bonchev–Trinajstić information content (AvgIpc) is 3.40. The third-order valence-corrected chi connectivity index (χ3v) is 12.1. The number of aromatic nitrogens is 2. The van der Waals surface area contributed by atoms with Crippen LogP contribution in [0.3, 0.4) is 0 Å². The van der Waals surface area contributed by atoms with E-state index in [9.17, 15) is 4.79 Å². The average molecular weight is 631 g/mol. The number of nitrogens with zero attached hydrogens (tertiary/aromatic N) is 4. The molecule has 2 aromatic carbocycles. The number of hydrogen-bond donors (Lipinski definition) is 0. The molecule has 43 heavy (non-hydrogen) atoms. The van der Waals surface area contributed by atoms with E-state index in [4.69, 9.17) is 28.2 Å². The lowest BCUT2D eigenvalue weighted by atomic mass is 10.1. The first-order valence-electron chi connectivity index (χ1n) is 13.6. The van der Waals surface area contributed by atoms with Crippen LogP contribution in [0.4, 0.5) is 14.9 Å². The van der Waals surface area contributed by atoms with Gasteiger partial charge in [-0.1, -0.05) is 25.9 Å². The van der Waals surface area contributed by atoms with E-state index in [2.05, 4.69) is 49.0 Å². The van der Waals surface area contributed by atoms with Crippen LogP contribution < -0.4 is 9.47 Å². The SMILES string of the molecule is COC(=O)/N=C(\SC)C(=Nc1ccc(-c2noc(C)n2)cc1)c1cc(OC)cc(O[C@@H](C)CO[Si](C)(C)C(C)(C)C)c1F. The zero-order valence-electron chi connectivity index (χ0n) is 26.3. The molecule has 0 saturated carbocycles. The number of thioether (sulfide) groups is 1. The Kier molecular flexibility index (Phi) is 11.3. The van der Waals surface area contributed by atoms with Crippen LogP contribution in [-0.4, -0.2) is 68.5 Å². The number of rotatable bonds is 10. The smallest absolute Gasteiger partial charge is 0.434 e. The maximum Gasteiger partial charge on any atom is 0.434 e. The van der Waals surface area contributed by atoms with E-state index in [1.807, 2.05) is 6.92 Å². The first kappa shape index (κ1) is 33.9. The normalized spacial score (nSPS) is 13.6. The van der Waals surface area contributed by atoms with Crippen LogP contribution in [-0.2, 0) is 9.16 Å². The van der Waals surface area contributed by atoms with Gasteiger partial charge in [-0.15, -0.1) is 11.8 Å². The summed E-state index contributed by atoms with van der Waals surface area (Å²) in [6.07, 6.45) is 0.388. The van der Waals surface area contributed by atoms with Crippen LogP contribution in [0.15, 0.2) is 50.9 Å². The molecule has 0 spiro atoms. The summed E-state index contributed by atoms with van der Waals surface area (Å²) in [6, 6.07) is 9.91. The molecule has 1 aromatic heterocycles. The number of ether oxygens (including phenoxy) is 3. The van der Waals surface area contributed by atoms with Gasteiger partial charge in [0.05, 0.1) is 26.5 Å². The predicted octanol–water partition coefficient (Wildman–Crippen LogP) is 7.63. The number of aliphatic imine (C=N–C) groups is 2. The van der Waals surface area contributed by atoms with E-state index >= 15 is 4.39 Å². The van der Waals surface area contributed by atoms with Crippen molar-refractivity contribution in [3.8, 4) is 22.9 Å². The van der Waals surface area contributed by atoms with E-state index in [0.29, 0.717) is 28.7 Å². The second-order valence-corrected chi connectivity index (χ2v) is 16.8. The van der Waals surface area contributed by atoms with Crippen LogP contribution in [0, 0.1) is 12.7 Å². The summed E-state index contributed by atoms with van der Waals surface area (Å²) in [5.41, 5.74) is 1.29.